The van der Waals surface area contributed by atoms with Gasteiger partial charge < -0.3 is 9.29 Å². The second kappa shape index (κ2) is 7.46. The van der Waals surface area contributed by atoms with Crippen LogP contribution in [0.4, 0.5) is 26.3 Å². The molecule has 16 heteroatoms. The van der Waals surface area contributed by atoms with Crippen molar-refractivity contribution in [2.24, 2.45) is 0 Å². The van der Waals surface area contributed by atoms with Gasteiger partial charge in [0.1, 0.15) is 6.10 Å². The summed E-state index contributed by atoms with van der Waals surface area (Å²) in [5.41, 5.74) is -0.142. The minimum atomic E-state index is -7.35. The molecule has 0 spiro atoms. The Kier molecular flexibility index (Phi) is 6.56. The number of halogens is 6. The van der Waals surface area contributed by atoms with Crippen LogP contribution in [0.1, 0.15) is 19.8 Å². The van der Waals surface area contributed by atoms with E-state index in [4.69, 9.17) is 4.74 Å². The Bertz CT molecular complexity index is 856. The molecule has 0 bridgehead atoms. The van der Waals surface area contributed by atoms with Crippen LogP contribution in [0, 0.1) is 0 Å². The van der Waals surface area contributed by atoms with E-state index in [2.05, 4.69) is 6.58 Å². The van der Waals surface area contributed by atoms with Gasteiger partial charge in [-0.1, -0.05) is 6.58 Å². The zero-order valence-electron chi connectivity index (χ0n) is 14.0. The zero-order valence-corrected chi connectivity index (χ0v) is 15.6. The molecule has 1 atom stereocenters. The van der Waals surface area contributed by atoms with Gasteiger partial charge in [0.25, 0.3) is 10.0 Å². The predicted octanol–water partition coefficient (Wildman–Crippen LogP) is 1.27. The molecule has 1 rings (SSSR count). The Balaban J connectivity index is 3.26. The van der Waals surface area contributed by atoms with E-state index in [1.165, 1.54) is 6.92 Å². The molecule has 0 aromatic heterocycles. The summed E-state index contributed by atoms with van der Waals surface area (Å²) in [5.74, 6) is -8.12. The second-order valence-corrected chi connectivity index (χ2v) is 9.28. The Labute approximate surface area is 155 Å². The lowest BCUT2D eigenvalue weighted by Crippen LogP contribution is -2.64. The number of nitrogens with zero attached hydrogens (tertiary/aromatic N) is 1. The number of alkyl halides is 6. The summed E-state index contributed by atoms with van der Waals surface area (Å²) in [6.07, 6.45) is -1.70. The third kappa shape index (κ3) is 3.99. The Morgan fingerprint density at radius 1 is 1.11 bits per heavy atom. The van der Waals surface area contributed by atoms with Crippen LogP contribution < -0.4 is 0 Å². The van der Waals surface area contributed by atoms with E-state index in [1.807, 2.05) is 0 Å². The molecular weight excluding hydrogens is 448 g/mol. The van der Waals surface area contributed by atoms with E-state index >= 15 is 0 Å². The molecule has 164 valence electrons. The van der Waals surface area contributed by atoms with E-state index < -0.39 is 61.7 Å². The monoisotopic (exact) mass is 462 g/mol. The average molecular weight is 462 g/mol. The van der Waals surface area contributed by atoms with E-state index in [9.17, 15) is 52.5 Å². The van der Waals surface area contributed by atoms with Crippen LogP contribution in [-0.4, -0.2) is 67.3 Å². The molecule has 0 aromatic carbocycles. The molecule has 1 aliphatic rings. The first-order valence-corrected chi connectivity index (χ1v) is 10.1. The summed E-state index contributed by atoms with van der Waals surface area (Å²) in [5, 5.41) is -13.6. The van der Waals surface area contributed by atoms with Gasteiger partial charge in [-0.15, -0.1) is 0 Å². The molecule has 1 saturated heterocycles. The minimum absolute atomic E-state index is 0.0574. The maximum atomic E-state index is 13.9. The fourth-order valence-corrected chi connectivity index (χ4v) is 4.14. The van der Waals surface area contributed by atoms with E-state index in [1.54, 1.807) is 0 Å². The molecule has 0 radical (unpaired) electrons. The van der Waals surface area contributed by atoms with Crippen LogP contribution in [0.25, 0.3) is 0 Å². The molecule has 0 aromatic rings. The molecule has 28 heavy (non-hydrogen) atoms. The number of esters is 1. The van der Waals surface area contributed by atoms with Gasteiger partial charge >= 0.3 is 22.4 Å². The third-order valence-corrected chi connectivity index (χ3v) is 6.47. The van der Waals surface area contributed by atoms with Gasteiger partial charge in [0.2, 0.25) is 0 Å². The highest BCUT2D eigenvalue weighted by Gasteiger charge is 2.80. The lowest BCUT2D eigenvalue weighted by atomic mass is 10.1. The number of piperidine rings is 1. The topological polar surface area (TPSA) is 121 Å². The summed E-state index contributed by atoms with van der Waals surface area (Å²) in [6.45, 7) is 2.51. The Morgan fingerprint density at radius 2 is 1.61 bits per heavy atom. The first kappa shape index (κ1) is 24.6. The standard InChI is InChI=1S/C12H15F6NO7S2/c1-7(2)9(20)26-8-4-3-5-19(6-8)27(21,22)11(15,16)10(13,14)12(17,18)28(23,24)25/h8H,1,3-6H2,2H3,(H,23,24,25)/p-1. The van der Waals surface area contributed by atoms with Crippen LogP contribution in [0.2, 0.25) is 0 Å². The van der Waals surface area contributed by atoms with Crippen LogP contribution in [0.15, 0.2) is 12.2 Å². The molecule has 1 aliphatic heterocycles. The quantitative estimate of drug-likeness (QED) is 0.242. The van der Waals surface area contributed by atoms with Crippen molar-refractivity contribution in [3.05, 3.63) is 12.2 Å². The number of ether oxygens (including phenoxy) is 1. The second-order valence-electron chi connectivity index (χ2n) is 5.87. The highest BCUT2D eigenvalue weighted by atomic mass is 32.2. The van der Waals surface area contributed by atoms with Crippen molar-refractivity contribution in [1.82, 2.24) is 4.31 Å². The fourth-order valence-electron chi connectivity index (χ4n) is 2.12. The van der Waals surface area contributed by atoms with E-state index in [0.29, 0.717) is 0 Å². The molecule has 0 saturated carbocycles. The maximum absolute atomic E-state index is 13.9. The van der Waals surface area contributed by atoms with Gasteiger partial charge in [-0.2, -0.15) is 30.6 Å². The van der Waals surface area contributed by atoms with Gasteiger partial charge in [-0.3, -0.25) is 0 Å². The van der Waals surface area contributed by atoms with Crippen molar-refractivity contribution in [3.63, 3.8) is 0 Å². The van der Waals surface area contributed by atoms with Gasteiger partial charge in [0.15, 0.2) is 10.1 Å². The fraction of sp³-hybridized carbons (Fsp3) is 0.750. The third-order valence-electron chi connectivity index (χ3n) is 3.67. The van der Waals surface area contributed by atoms with Crippen LogP contribution in [-0.2, 0) is 29.7 Å². The summed E-state index contributed by atoms with van der Waals surface area (Å²) in [6, 6.07) is 0. The van der Waals surface area contributed by atoms with Crippen molar-refractivity contribution < 1.29 is 57.3 Å². The van der Waals surface area contributed by atoms with Gasteiger partial charge in [0.05, 0.1) is 6.54 Å². The zero-order chi connectivity index (χ0) is 22.3. The molecule has 0 amide bonds. The van der Waals surface area contributed by atoms with Crippen molar-refractivity contribution in [1.29, 1.82) is 0 Å². The van der Waals surface area contributed by atoms with Gasteiger partial charge in [-0.25, -0.2) is 21.6 Å². The van der Waals surface area contributed by atoms with Crippen molar-refractivity contribution in [2.45, 2.75) is 42.3 Å². The van der Waals surface area contributed by atoms with Gasteiger partial charge in [0, 0.05) is 12.1 Å². The summed E-state index contributed by atoms with van der Waals surface area (Å²) < 4.78 is 140. The molecule has 8 nitrogen and oxygen atoms in total. The molecule has 1 heterocycles. The first-order valence-electron chi connectivity index (χ1n) is 7.25. The van der Waals surface area contributed by atoms with Crippen molar-refractivity contribution >= 4 is 26.1 Å². The minimum Gasteiger partial charge on any atom is -0.743 e. The molecule has 0 N–H and O–H groups in total. The number of hydrogen-bond acceptors (Lipinski definition) is 7. The van der Waals surface area contributed by atoms with Crippen molar-refractivity contribution in [2.75, 3.05) is 13.1 Å². The Hall–Kier alpha value is -1.39. The summed E-state index contributed by atoms with van der Waals surface area (Å²) in [4.78, 5) is 11.4. The van der Waals surface area contributed by atoms with Crippen LogP contribution >= 0.6 is 0 Å². The van der Waals surface area contributed by atoms with Crippen LogP contribution in [0.5, 0.6) is 0 Å². The normalized spacial score (nSPS) is 20.6. The largest absolute Gasteiger partial charge is 0.743 e. The smallest absolute Gasteiger partial charge is 0.428 e. The highest BCUT2D eigenvalue weighted by molar-refractivity contribution is 7.90. The lowest BCUT2D eigenvalue weighted by molar-refractivity contribution is -0.247. The maximum Gasteiger partial charge on any atom is 0.428 e. The summed E-state index contributed by atoms with van der Waals surface area (Å²) >= 11 is 0. The number of sulfonamides is 1. The number of rotatable bonds is 7. The molecule has 0 aliphatic carbocycles. The van der Waals surface area contributed by atoms with E-state index in [-0.39, 0.29) is 22.7 Å². The SMILES string of the molecule is C=C(C)C(=O)OC1CCCN(S(=O)(=O)C(F)(F)C(F)(F)C(F)(F)S(=O)(=O)[O-])C1. The molecule has 1 unspecified atom stereocenters. The summed E-state index contributed by atoms with van der Waals surface area (Å²) in [7, 11) is -13.9. The number of hydrogen-bond donors (Lipinski definition) is 0. The predicted molar refractivity (Wildman–Crippen MR) is 79.0 cm³/mol. The van der Waals surface area contributed by atoms with Gasteiger partial charge in [-0.05, 0) is 19.8 Å². The number of carbonyl (C=O) groups is 1. The Morgan fingerprint density at radius 3 is 2.04 bits per heavy atom. The van der Waals surface area contributed by atoms with E-state index in [0.717, 1.165) is 0 Å². The average Bonchev–Trinajstić information content (AvgIpc) is 2.53. The number of carbonyl (C=O) groups excluding carboxylic acids is 1. The lowest BCUT2D eigenvalue weighted by Gasteiger charge is -2.38. The highest BCUT2D eigenvalue weighted by Crippen LogP contribution is 2.51. The van der Waals surface area contributed by atoms with Crippen molar-refractivity contribution in [3.8, 4) is 0 Å². The van der Waals surface area contributed by atoms with Crippen LogP contribution in [0.3, 0.4) is 0 Å². The molecular formula is C12H14F6NO7S2-. The molecule has 1 fully saturated rings. The first-order chi connectivity index (χ1) is 12.3.